The minimum Gasteiger partial charge on any atom is -0.506 e. The van der Waals surface area contributed by atoms with Gasteiger partial charge < -0.3 is 5.11 Å². The molecule has 2 rings (SSSR count). The fourth-order valence-corrected chi connectivity index (χ4v) is 2.99. The predicted molar refractivity (Wildman–Crippen MR) is 90.0 cm³/mol. The zero-order valence-corrected chi connectivity index (χ0v) is 14.4. The Morgan fingerprint density at radius 2 is 2.05 bits per heavy atom. The summed E-state index contributed by atoms with van der Waals surface area (Å²) < 4.78 is 1.30. The van der Waals surface area contributed by atoms with Gasteiger partial charge in [0, 0.05) is 20.6 Å². The van der Waals surface area contributed by atoms with Crippen LogP contribution in [0.15, 0.2) is 50.4 Å². The smallest absolute Gasteiger partial charge is 0.271 e. The van der Waals surface area contributed by atoms with Gasteiger partial charge in [-0.15, -0.1) is 0 Å². The molecule has 108 valence electrons. The quantitative estimate of drug-likeness (QED) is 0.560. The highest BCUT2D eigenvalue weighted by Crippen LogP contribution is 2.30. The molecule has 0 aliphatic heterocycles. The van der Waals surface area contributed by atoms with Crippen LogP contribution >= 0.6 is 43.5 Å². The molecule has 0 heterocycles. The maximum absolute atomic E-state index is 11.8. The maximum atomic E-state index is 11.8. The fraction of sp³-hybridized carbons (Fsp3) is 0. The van der Waals surface area contributed by atoms with Crippen molar-refractivity contribution in [3.63, 3.8) is 0 Å². The highest BCUT2D eigenvalue weighted by Gasteiger charge is 2.07. The molecule has 0 fully saturated rings. The van der Waals surface area contributed by atoms with Crippen LogP contribution in [0.1, 0.15) is 15.9 Å². The second kappa shape index (κ2) is 7.06. The van der Waals surface area contributed by atoms with E-state index in [1.54, 1.807) is 36.4 Å². The summed E-state index contributed by atoms with van der Waals surface area (Å²) in [4.78, 5) is 11.8. The Bertz CT molecular complexity index is 720. The molecule has 0 atom stereocenters. The Morgan fingerprint density at radius 3 is 2.76 bits per heavy atom. The molecule has 0 aliphatic rings. The third-order valence-electron chi connectivity index (χ3n) is 2.51. The van der Waals surface area contributed by atoms with Crippen molar-refractivity contribution in [2.45, 2.75) is 0 Å². The van der Waals surface area contributed by atoms with Gasteiger partial charge >= 0.3 is 0 Å². The number of rotatable bonds is 3. The van der Waals surface area contributed by atoms with Gasteiger partial charge in [-0.05, 0) is 46.3 Å². The maximum Gasteiger partial charge on any atom is 0.271 e. The van der Waals surface area contributed by atoms with Crippen molar-refractivity contribution in [1.29, 1.82) is 0 Å². The zero-order valence-electron chi connectivity index (χ0n) is 10.5. The van der Waals surface area contributed by atoms with Crippen molar-refractivity contribution < 1.29 is 9.90 Å². The molecule has 21 heavy (non-hydrogen) atoms. The number of amides is 1. The first-order chi connectivity index (χ1) is 9.97. The lowest BCUT2D eigenvalue weighted by Gasteiger charge is -2.03. The lowest BCUT2D eigenvalue weighted by atomic mass is 10.2. The highest BCUT2D eigenvalue weighted by atomic mass is 79.9. The normalized spacial score (nSPS) is 10.8. The van der Waals surface area contributed by atoms with Crippen LogP contribution in [0.2, 0.25) is 5.02 Å². The van der Waals surface area contributed by atoms with Gasteiger partial charge in [-0.3, -0.25) is 4.79 Å². The minimum atomic E-state index is -0.387. The van der Waals surface area contributed by atoms with E-state index in [0.717, 1.165) is 4.47 Å². The van der Waals surface area contributed by atoms with Gasteiger partial charge in [-0.1, -0.05) is 33.6 Å². The van der Waals surface area contributed by atoms with Gasteiger partial charge in [0.25, 0.3) is 5.91 Å². The van der Waals surface area contributed by atoms with Gasteiger partial charge in [-0.25, -0.2) is 5.43 Å². The number of hydrogen-bond donors (Lipinski definition) is 2. The molecular weight excluding hydrogens is 423 g/mol. The van der Waals surface area contributed by atoms with Crippen LogP contribution in [-0.2, 0) is 0 Å². The Kier molecular flexibility index (Phi) is 5.39. The Labute approximate surface area is 143 Å². The molecule has 0 aromatic heterocycles. The van der Waals surface area contributed by atoms with E-state index in [0.29, 0.717) is 20.6 Å². The van der Waals surface area contributed by atoms with Crippen molar-refractivity contribution in [3.05, 3.63) is 61.5 Å². The van der Waals surface area contributed by atoms with Crippen LogP contribution in [0, 0.1) is 0 Å². The van der Waals surface area contributed by atoms with E-state index in [1.807, 2.05) is 0 Å². The van der Waals surface area contributed by atoms with Gasteiger partial charge in [0.05, 0.1) is 10.7 Å². The minimum absolute atomic E-state index is 0.0407. The molecule has 7 heteroatoms. The van der Waals surface area contributed by atoms with Crippen LogP contribution in [-0.4, -0.2) is 17.2 Å². The van der Waals surface area contributed by atoms with Crippen molar-refractivity contribution >= 4 is 55.6 Å². The monoisotopic (exact) mass is 430 g/mol. The van der Waals surface area contributed by atoms with Gasteiger partial charge in [0.1, 0.15) is 5.75 Å². The molecule has 0 bridgehead atoms. The van der Waals surface area contributed by atoms with Crippen LogP contribution in [0.4, 0.5) is 0 Å². The molecule has 0 spiro atoms. The molecule has 1 amide bonds. The molecule has 2 aromatic rings. The van der Waals surface area contributed by atoms with Crippen LogP contribution in [0.3, 0.4) is 0 Å². The summed E-state index contributed by atoms with van der Waals surface area (Å²) in [6.45, 7) is 0. The topological polar surface area (TPSA) is 61.7 Å². The van der Waals surface area contributed by atoms with E-state index in [2.05, 4.69) is 42.4 Å². The zero-order chi connectivity index (χ0) is 15.4. The number of hydrogen-bond acceptors (Lipinski definition) is 3. The highest BCUT2D eigenvalue weighted by molar-refractivity contribution is 9.11. The van der Waals surface area contributed by atoms with Crippen molar-refractivity contribution in [2.24, 2.45) is 5.10 Å². The van der Waals surface area contributed by atoms with Gasteiger partial charge in [-0.2, -0.15) is 5.10 Å². The third-order valence-corrected chi connectivity index (χ3v) is 3.81. The number of hydrazone groups is 1. The first-order valence-corrected chi connectivity index (χ1v) is 7.71. The lowest BCUT2D eigenvalue weighted by Crippen LogP contribution is -2.17. The molecular formula is C14H9Br2ClN2O2. The Balaban J connectivity index is 2.11. The van der Waals surface area contributed by atoms with Crippen LogP contribution in [0.25, 0.3) is 0 Å². The first-order valence-electron chi connectivity index (χ1n) is 5.74. The number of nitrogens with one attached hydrogen (secondary N) is 1. The van der Waals surface area contributed by atoms with Gasteiger partial charge in [0.15, 0.2) is 0 Å². The number of phenols is 1. The summed E-state index contributed by atoms with van der Waals surface area (Å²) in [6.07, 6.45) is 1.35. The van der Waals surface area contributed by atoms with E-state index >= 15 is 0 Å². The molecule has 2 N–H and O–H groups in total. The standard InChI is InChI=1S/C14H9Br2ClN2O2/c15-10-4-9(13(20)12(16)6-10)7-18-19-14(21)8-2-1-3-11(17)5-8/h1-7,20H,(H,19,21)/b18-7+. The summed E-state index contributed by atoms with van der Waals surface area (Å²) in [5.74, 6) is -0.346. The Hall–Kier alpha value is -1.37. The second-order valence-electron chi connectivity index (χ2n) is 4.03. The van der Waals surface area contributed by atoms with E-state index in [4.69, 9.17) is 11.6 Å². The molecule has 0 radical (unpaired) electrons. The second-order valence-corrected chi connectivity index (χ2v) is 6.24. The lowest BCUT2D eigenvalue weighted by molar-refractivity contribution is 0.0955. The van der Waals surface area contributed by atoms with Crippen molar-refractivity contribution in [1.82, 2.24) is 5.43 Å². The SMILES string of the molecule is O=C(N/N=C/c1cc(Br)cc(Br)c1O)c1cccc(Cl)c1. The summed E-state index contributed by atoms with van der Waals surface area (Å²) >= 11 is 12.3. The number of nitrogens with zero attached hydrogens (tertiary/aromatic N) is 1. The average Bonchev–Trinajstić information content (AvgIpc) is 2.43. The number of aromatic hydroxyl groups is 1. The summed E-state index contributed by atoms with van der Waals surface area (Å²) in [6, 6.07) is 9.91. The average molecular weight is 432 g/mol. The Morgan fingerprint density at radius 1 is 1.29 bits per heavy atom. The summed E-state index contributed by atoms with van der Waals surface area (Å²) in [5, 5.41) is 14.1. The molecule has 0 saturated heterocycles. The van der Waals surface area contributed by atoms with E-state index in [-0.39, 0.29) is 11.7 Å². The number of phenolic OH excluding ortho intramolecular Hbond substituents is 1. The third kappa shape index (κ3) is 4.30. The van der Waals surface area contributed by atoms with Crippen LogP contribution in [0.5, 0.6) is 5.75 Å². The fourth-order valence-electron chi connectivity index (χ4n) is 1.54. The number of carbonyl (C=O) groups is 1. The largest absolute Gasteiger partial charge is 0.506 e. The van der Waals surface area contributed by atoms with E-state index in [9.17, 15) is 9.90 Å². The summed E-state index contributed by atoms with van der Waals surface area (Å²) in [7, 11) is 0. The van der Waals surface area contributed by atoms with Crippen molar-refractivity contribution in [2.75, 3.05) is 0 Å². The first kappa shape index (κ1) is 16.0. The molecule has 4 nitrogen and oxygen atoms in total. The molecule has 0 aliphatic carbocycles. The molecule has 0 unspecified atom stereocenters. The van der Waals surface area contributed by atoms with E-state index in [1.165, 1.54) is 6.21 Å². The van der Waals surface area contributed by atoms with Gasteiger partial charge in [0.2, 0.25) is 0 Å². The molecule has 0 saturated carbocycles. The number of halogens is 3. The number of benzene rings is 2. The number of carbonyl (C=O) groups excluding carboxylic acids is 1. The van der Waals surface area contributed by atoms with Crippen molar-refractivity contribution in [3.8, 4) is 5.75 Å². The predicted octanol–water partition coefficient (Wildman–Crippen LogP) is 4.33. The van der Waals surface area contributed by atoms with E-state index < -0.39 is 0 Å². The molecule has 2 aromatic carbocycles. The van der Waals surface area contributed by atoms with Crippen LogP contribution < -0.4 is 5.43 Å². The summed E-state index contributed by atoms with van der Waals surface area (Å²) in [5.41, 5.74) is 3.23.